The highest BCUT2D eigenvalue weighted by atomic mass is 16.7. The van der Waals surface area contributed by atoms with E-state index >= 15 is 0 Å². The lowest BCUT2D eigenvalue weighted by atomic mass is 10.2. The van der Waals surface area contributed by atoms with Crippen molar-refractivity contribution in [3.05, 3.63) is 29.8 Å². The minimum absolute atomic E-state index is 0.0241. The van der Waals surface area contributed by atoms with Crippen molar-refractivity contribution in [2.45, 2.75) is 26.5 Å². The summed E-state index contributed by atoms with van der Waals surface area (Å²) in [6.07, 6.45) is 0.0241. The standard InChI is InChI=1S/C15H18N4O3/c1-9(2)22-14-6-13(18-15(16)19-14)17-7-10-3-4-11-12(5-10)21-8-20-11/h3-6,9H,7-8H2,1-2H3,(H3,16,17,18,19). The van der Waals surface area contributed by atoms with Crippen LogP contribution in [0.15, 0.2) is 24.3 Å². The molecule has 0 radical (unpaired) electrons. The summed E-state index contributed by atoms with van der Waals surface area (Å²) in [6.45, 7) is 4.70. The van der Waals surface area contributed by atoms with Crippen molar-refractivity contribution in [2.24, 2.45) is 0 Å². The number of nitrogens with zero attached hydrogens (tertiary/aromatic N) is 2. The smallest absolute Gasteiger partial charge is 0.231 e. The van der Waals surface area contributed by atoms with Crippen molar-refractivity contribution in [1.82, 2.24) is 9.97 Å². The average Bonchev–Trinajstić information content (AvgIpc) is 2.91. The third-order valence-corrected chi connectivity index (χ3v) is 2.99. The molecule has 0 fully saturated rings. The van der Waals surface area contributed by atoms with Gasteiger partial charge in [-0.05, 0) is 31.5 Å². The summed E-state index contributed by atoms with van der Waals surface area (Å²) in [5, 5.41) is 3.20. The van der Waals surface area contributed by atoms with Gasteiger partial charge in [0.25, 0.3) is 0 Å². The molecule has 1 aromatic carbocycles. The molecule has 22 heavy (non-hydrogen) atoms. The lowest BCUT2D eigenvalue weighted by Crippen LogP contribution is -2.10. The van der Waals surface area contributed by atoms with Crippen LogP contribution in [0.3, 0.4) is 0 Å². The van der Waals surface area contributed by atoms with E-state index in [0.717, 1.165) is 17.1 Å². The van der Waals surface area contributed by atoms with Gasteiger partial charge in [0.05, 0.1) is 6.10 Å². The fourth-order valence-electron chi connectivity index (χ4n) is 2.08. The topological polar surface area (TPSA) is 91.5 Å². The van der Waals surface area contributed by atoms with Gasteiger partial charge in [0.2, 0.25) is 18.6 Å². The maximum Gasteiger partial charge on any atom is 0.231 e. The van der Waals surface area contributed by atoms with E-state index in [-0.39, 0.29) is 18.8 Å². The van der Waals surface area contributed by atoms with E-state index in [9.17, 15) is 0 Å². The van der Waals surface area contributed by atoms with Crippen molar-refractivity contribution in [1.29, 1.82) is 0 Å². The number of rotatable bonds is 5. The summed E-state index contributed by atoms with van der Waals surface area (Å²) < 4.78 is 16.2. The third-order valence-electron chi connectivity index (χ3n) is 2.99. The molecule has 2 aromatic rings. The predicted octanol–water partition coefficient (Wildman–Crippen LogP) is 2.19. The monoisotopic (exact) mass is 302 g/mol. The summed E-state index contributed by atoms with van der Waals surface area (Å²) >= 11 is 0. The number of hydrogen-bond donors (Lipinski definition) is 2. The highest BCUT2D eigenvalue weighted by molar-refractivity contribution is 5.47. The number of fused-ring (bicyclic) bond motifs is 1. The fraction of sp³-hybridized carbons (Fsp3) is 0.333. The van der Waals surface area contributed by atoms with E-state index in [1.165, 1.54) is 0 Å². The third kappa shape index (κ3) is 3.30. The molecule has 7 heteroatoms. The summed E-state index contributed by atoms with van der Waals surface area (Å²) in [4.78, 5) is 8.19. The highest BCUT2D eigenvalue weighted by Crippen LogP contribution is 2.32. The zero-order valence-electron chi connectivity index (χ0n) is 12.5. The summed E-state index contributed by atoms with van der Waals surface area (Å²) in [7, 11) is 0. The number of hydrogen-bond acceptors (Lipinski definition) is 7. The minimum atomic E-state index is 0.0241. The molecule has 0 bridgehead atoms. The van der Waals surface area contributed by atoms with Gasteiger partial charge in [-0.25, -0.2) is 0 Å². The first kappa shape index (κ1) is 14.2. The van der Waals surface area contributed by atoms with Gasteiger partial charge in [0, 0.05) is 12.6 Å². The SMILES string of the molecule is CC(C)Oc1cc(NCc2ccc3c(c2)OCO3)nc(N)n1. The lowest BCUT2D eigenvalue weighted by Gasteiger charge is -2.11. The van der Waals surface area contributed by atoms with Crippen LogP contribution in [0.25, 0.3) is 0 Å². The molecule has 0 saturated heterocycles. The molecule has 1 aliphatic heterocycles. The van der Waals surface area contributed by atoms with Crippen LogP contribution < -0.4 is 25.3 Å². The van der Waals surface area contributed by atoms with E-state index in [4.69, 9.17) is 19.9 Å². The lowest BCUT2D eigenvalue weighted by molar-refractivity contribution is 0.174. The number of nitrogens with one attached hydrogen (secondary N) is 1. The first-order chi connectivity index (χ1) is 10.6. The normalized spacial score (nSPS) is 12.5. The summed E-state index contributed by atoms with van der Waals surface area (Å²) in [5.74, 6) is 2.76. The second-order valence-electron chi connectivity index (χ2n) is 5.16. The molecule has 1 aromatic heterocycles. The maximum absolute atomic E-state index is 5.70. The molecule has 3 N–H and O–H groups in total. The Balaban J connectivity index is 1.69. The van der Waals surface area contributed by atoms with Crippen LogP contribution in [0.5, 0.6) is 17.4 Å². The van der Waals surface area contributed by atoms with Gasteiger partial charge in [-0.15, -0.1) is 0 Å². The van der Waals surface area contributed by atoms with E-state index in [1.807, 2.05) is 32.0 Å². The van der Waals surface area contributed by atoms with Gasteiger partial charge in [0.1, 0.15) is 5.82 Å². The Hall–Kier alpha value is -2.70. The second-order valence-corrected chi connectivity index (χ2v) is 5.16. The molecule has 1 aliphatic rings. The molecule has 0 atom stereocenters. The number of aromatic nitrogens is 2. The number of nitrogens with two attached hydrogens (primary N) is 1. The van der Waals surface area contributed by atoms with Crippen molar-refractivity contribution in [3.63, 3.8) is 0 Å². The zero-order valence-corrected chi connectivity index (χ0v) is 12.5. The van der Waals surface area contributed by atoms with Crippen molar-refractivity contribution in [2.75, 3.05) is 17.8 Å². The second kappa shape index (κ2) is 5.97. The van der Waals surface area contributed by atoms with Crippen LogP contribution in [0.1, 0.15) is 19.4 Å². The Morgan fingerprint density at radius 1 is 1.23 bits per heavy atom. The van der Waals surface area contributed by atoms with Gasteiger partial charge in [-0.2, -0.15) is 9.97 Å². The highest BCUT2D eigenvalue weighted by Gasteiger charge is 2.13. The van der Waals surface area contributed by atoms with Gasteiger partial charge in [-0.3, -0.25) is 0 Å². The predicted molar refractivity (Wildman–Crippen MR) is 82.1 cm³/mol. The minimum Gasteiger partial charge on any atom is -0.475 e. The molecule has 0 unspecified atom stereocenters. The van der Waals surface area contributed by atoms with Gasteiger partial charge < -0.3 is 25.3 Å². The van der Waals surface area contributed by atoms with Crippen LogP contribution >= 0.6 is 0 Å². The Kier molecular flexibility index (Phi) is 3.86. The van der Waals surface area contributed by atoms with Crippen LogP contribution in [0.2, 0.25) is 0 Å². The Labute approximate surface area is 128 Å². The van der Waals surface area contributed by atoms with Crippen LogP contribution in [0.4, 0.5) is 11.8 Å². The van der Waals surface area contributed by atoms with Crippen molar-refractivity contribution < 1.29 is 14.2 Å². The van der Waals surface area contributed by atoms with E-state index < -0.39 is 0 Å². The molecule has 7 nitrogen and oxygen atoms in total. The number of anilines is 2. The van der Waals surface area contributed by atoms with Crippen molar-refractivity contribution >= 4 is 11.8 Å². The van der Waals surface area contributed by atoms with Crippen molar-refractivity contribution in [3.8, 4) is 17.4 Å². The Morgan fingerprint density at radius 2 is 2.05 bits per heavy atom. The van der Waals surface area contributed by atoms with Crippen LogP contribution in [0, 0.1) is 0 Å². The molecule has 116 valence electrons. The zero-order chi connectivity index (χ0) is 15.5. The van der Waals surface area contributed by atoms with E-state index in [0.29, 0.717) is 18.2 Å². The van der Waals surface area contributed by atoms with E-state index in [1.54, 1.807) is 6.07 Å². The van der Waals surface area contributed by atoms with Gasteiger partial charge >= 0.3 is 0 Å². The van der Waals surface area contributed by atoms with Crippen LogP contribution in [-0.2, 0) is 6.54 Å². The number of benzene rings is 1. The molecule has 3 rings (SSSR count). The molecular weight excluding hydrogens is 284 g/mol. The largest absolute Gasteiger partial charge is 0.475 e. The first-order valence-electron chi connectivity index (χ1n) is 7.04. The number of ether oxygens (including phenoxy) is 3. The summed E-state index contributed by atoms with van der Waals surface area (Å²) in [6, 6.07) is 7.52. The van der Waals surface area contributed by atoms with Crippen LogP contribution in [-0.4, -0.2) is 22.9 Å². The quantitative estimate of drug-likeness (QED) is 0.874. The molecule has 0 spiro atoms. The number of nitrogen functional groups attached to an aromatic ring is 1. The molecule has 0 amide bonds. The molecular formula is C15H18N4O3. The maximum atomic E-state index is 5.70. The Morgan fingerprint density at radius 3 is 2.86 bits per heavy atom. The van der Waals surface area contributed by atoms with E-state index in [2.05, 4.69) is 15.3 Å². The molecule has 2 heterocycles. The van der Waals surface area contributed by atoms with Gasteiger partial charge in [0.15, 0.2) is 11.5 Å². The van der Waals surface area contributed by atoms with Gasteiger partial charge in [-0.1, -0.05) is 6.07 Å². The molecule has 0 saturated carbocycles. The Bertz CT molecular complexity index is 676. The summed E-state index contributed by atoms with van der Waals surface area (Å²) in [5.41, 5.74) is 6.75. The first-order valence-corrected chi connectivity index (χ1v) is 7.04. The average molecular weight is 302 g/mol. The molecule has 0 aliphatic carbocycles. The fourth-order valence-corrected chi connectivity index (χ4v) is 2.08.